The van der Waals surface area contributed by atoms with Gasteiger partial charge in [-0.25, -0.2) is 0 Å². The zero-order valence-corrected chi connectivity index (χ0v) is 14.7. The van der Waals surface area contributed by atoms with E-state index in [9.17, 15) is 4.79 Å². The topological polar surface area (TPSA) is 65.1 Å². The molecule has 1 N–H and O–H groups in total. The van der Waals surface area contributed by atoms with Crippen LogP contribution in [0, 0.1) is 0 Å². The number of hydrogen-bond acceptors (Lipinski definition) is 4. The van der Waals surface area contributed by atoms with Crippen molar-refractivity contribution in [2.75, 3.05) is 25.0 Å². The van der Waals surface area contributed by atoms with Crippen molar-refractivity contribution in [2.24, 2.45) is 0 Å². The Morgan fingerprint density at radius 2 is 2.00 bits per heavy atom. The Morgan fingerprint density at radius 1 is 1.15 bits per heavy atom. The highest BCUT2D eigenvalue weighted by Gasteiger charge is 2.34. The molecule has 6 heteroatoms. The zero-order valence-electron chi connectivity index (χ0n) is 14.7. The van der Waals surface area contributed by atoms with Crippen molar-refractivity contribution in [3.8, 4) is 0 Å². The average Bonchev–Trinajstić information content (AvgIpc) is 3.37. The van der Waals surface area contributed by atoms with Crippen LogP contribution in [0.2, 0.25) is 0 Å². The summed E-state index contributed by atoms with van der Waals surface area (Å²) in [5.74, 6) is 1.59. The molecule has 0 radical (unpaired) electrons. The molecule has 1 aliphatic heterocycles. The van der Waals surface area contributed by atoms with E-state index in [1.165, 1.54) is 12.8 Å². The summed E-state index contributed by atoms with van der Waals surface area (Å²) in [6.45, 7) is 1.60. The number of rotatable bonds is 4. The molecule has 3 aromatic rings. The van der Waals surface area contributed by atoms with Crippen LogP contribution < -0.4 is 4.90 Å². The van der Waals surface area contributed by atoms with Gasteiger partial charge in [0.25, 0.3) is 5.91 Å². The molecule has 0 unspecified atom stereocenters. The lowest BCUT2D eigenvalue weighted by atomic mass is 10.1. The molecule has 0 spiro atoms. The highest BCUT2D eigenvalue weighted by molar-refractivity contribution is 5.98. The molecule has 6 nitrogen and oxygen atoms in total. The van der Waals surface area contributed by atoms with Crippen LogP contribution >= 0.6 is 0 Å². The summed E-state index contributed by atoms with van der Waals surface area (Å²) >= 11 is 0. The first-order valence-corrected chi connectivity index (χ1v) is 9.12. The van der Waals surface area contributed by atoms with Crippen LogP contribution in [0.5, 0.6) is 0 Å². The second kappa shape index (κ2) is 5.83. The number of H-pyrrole nitrogens is 1. The number of nitrogens with zero attached hydrogens (tertiary/aromatic N) is 4. The number of carbonyl (C=O) groups excluding carboxylic acids is 1. The van der Waals surface area contributed by atoms with Crippen molar-refractivity contribution in [1.29, 1.82) is 0 Å². The summed E-state index contributed by atoms with van der Waals surface area (Å²) in [7, 11) is 1.88. The molecule has 5 rings (SSSR count). The fourth-order valence-corrected chi connectivity index (χ4v) is 3.54. The minimum atomic E-state index is 0.0629. The minimum absolute atomic E-state index is 0.0629. The third-order valence-corrected chi connectivity index (χ3v) is 5.52. The SMILES string of the molecule is CN(C(=O)c1ccc2[nH]ccc2c1)C1CN(c2ccc(C3CC3)nn2)C1. The summed E-state index contributed by atoms with van der Waals surface area (Å²) in [5, 5.41) is 9.76. The number of amides is 1. The van der Waals surface area contributed by atoms with Gasteiger partial charge in [-0.2, -0.15) is 5.10 Å². The van der Waals surface area contributed by atoms with Crippen LogP contribution in [-0.4, -0.2) is 52.2 Å². The van der Waals surface area contributed by atoms with Gasteiger partial charge in [-0.1, -0.05) is 0 Å². The molecule has 2 aromatic heterocycles. The van der Waals surface area contributed by atoms with Gasteiger partial charge in [0.1, 0.15) is 0 Å². The van der Waals surface area contributed by atoms with Gasteiger partial charge in [0.2, 0.25) is 0 Å². The normalized spacial score (nSPS) is 17.3. The van der Waals surface area contributed by atoms with Gasteiger partial charge in [0.15, 0.2) is 5.82 Å². The number of anilines is 1. The lowest BCUT2D eigenvalue weighted by Gasteiger charge is -2.44. The first-order valence-electron chi connectivity index (χ1n) is 9.12. The number of nitrogens with one attached hydrogen (secondary N) is 1. The predicted octanol–water partition coefficient (Wildman–Crippen LogP) is 2.80. The highest BCUT2D eigenvalue weighted by Crippen LogP contribution is 2.38. The number of aromatic nitrogens is 3. The van der Waals surface area contributed by atoms with E-state index in [1.807, 2.05) is 42.4 Å². The lowest BCUT2D eigenvalue weighted by molar-refractivity contribution is 0.0705. The lowest BCUT2D eigenvalue weighted by Crippen LogP contribution is -2.60. The van der Waals surface area contributed by atoms with Gasteiger partial charge >= 0.3 is 0 Å². The molecule has 0 atom stereocenters. The van der Waals surface area contributed by atoms with Crippen LogP contribution in [0.25, 0.3) is 10.9 Å². The number of carbonyl (C=O) groups is 1. The Bertz CT molecular complexity index is 954. The third-order valence-electron chi connectivity index (χ3n) is 5.52. The fraction of sp³-hybridized carbons (Fsp3) is 0.350. The van der Waals surface area contributed by atoms with Crippen molar-refractivity contribution in [2.45, 2.75) is 24.8 Å². The molecule has 2 fully saturated rings. The maximum atomic E-state index is 12.8. The molecule has 1 saturated heterocycles. The maximum Gasteiger partial charge on any atom is 0.253 e. The molecule has 1 amide bonds. The van der Waals surface area contributed by atoms with Gasteiger partial charge in [-0.15, -0.1) is 5.10 Å². The quantitative estimate of drug-likeness (QED) is 0.788. The Hall–Kier alpha value is -2.89. The number of benzene rings is 1. The van der Waals surface area contributed by atoms with E-state index in [2.05, 4.69) is 32.2 Å². The summed E-state index contributed by atoms with van der Waals surface area (Å²) in [5.41, 5.74) is 2.89. The summed E-state index contributed by atoms with van der Waals surface area (Å²) < 4.78 is 0. The minimum Gasteiger partial charge on any atom is -0.361 e. The highest BCUT2D eigenvalue weighted by atomic mass is 16.2. The van der Waals surface area contributed by atoms with E-state index in [1.54, 1.807) is 0 Å². The van der Waals surface area contributed by atoms with Crippen molar-refractivity contribution < 1.29 is 4.79 Å². The van der Waals surface area contributed by atoms with Crippen LogP contribution in [0.3, 0.4) is 0 Å². The van der Waals surface area contributed by atoms with Gasteiger partial charge in [-0.05, 0) is 49.2 Å². The summed E-state index contributed by atoms with van der Waals surface area (Å²) in [6, 6.07) is 12.1. The van der Waals surface area contributed by atoms with Crippen LogP contribution in [0.1, 0.15) is 34.8 Å². The van der Waals surface area contributed by atoms with E-state index in [-0.39, 0.29) is 11.9 Å². The number of aromatic amines is 1. The number of fused-ring (bicyclic) bond motifs is 1. The van der Waals surface area contributed by atoms with E-state index in [0.29, 0.717) is 5.92 Å². The van der Waals surface area contributed by atoms with E-state index in [0.717, 1.165) is 41.1 Å². The fourth-order valence-electron chi connectivity index (χ4n) is 3.54. The molecular weight excluding hydrogens is 326 g/mol. The van der Waals surface area contributed by atoms with E-state index in [4.69, 9.17) is 0 Å². The smallest absolute Gasteiger partial charge is 0.253 e. The van der Waals surface area contributed by atoms with Crippen molar-refractivity contribution in [3.63, 3.8) is 0 Å². The van der Waals surface area contributed by atoms with Gasteiger partial charge in [0, 0.05) is 48.7 Å². The molecule has 0 bridgehead atoms. The van der Waals surface area contributed by atoms with Crippen molar-refractivity contribution >= 4 is 22.6 Å². The Labute approximate surface area is 151 Å². The van der Waals surface area contributed by atoms with Gasteiger partial charge in [0.05, 0.1) is 11.7 Å². The van der Waals surface area contributed by atoms with Crippen LogP contribution in [0.4, 0.5) is 5.82 Å². The molecule has 26 heavy (non-hydrogen) atoms. The molecule has 1 saturated carbocycles. The molecule has 132 valence electrons. The zero-order chi connectivity index (χ0) is 17.7. The number of hydrogen-bond donors (Lipinski definition) is 1. The summed E-state index contributed by atoms with van der Waals surface area (Å²) in [6.07, 6.45) is 4.37. The molecule has 1 aromatic carbocycles. The van der Waals surface area contributed by atoms with Gasteiger partial charge < -0.3 is 14.8 Å². The Balaban J connectivity index is 1.24. The van der Waals surface area contributed by atoms with E-state index < -0.39 is 0 Å². The number of likely N-dealkylation sites (N-methyl/N-ethyl adjacent to an activating group) is 1. The molecule has 3 heterocycles. The van der Waals surface area contributed by atoms with Crippen LogP contribution in [-0.2, 0) is 0 Å². The largest absolute Gasteiger partial charge is 0.361 e. The van der Waals surface area contributed by atoms with Gasteiger partial charge in [-0.3, -0.25) is 4.79 Å². The maximum absolute atomic E-state index is 12.8. The van der Waals surface area contributed by atoms with Crippen LogP contribution in [0.15, 0.2) is 42.6 Å². The average molecular weight is 347 g/mol. The second-order valence-electron chi connectivity index (χ2n) is 7.35. The second-order valence-corrected chi connectivity index (χ2v) is 7.35. The third kappa shape index (κ3) is 2.62. The molecule has 2 aliphatic rings. The standard InChI is InChI=1S/C20H21N5O/c1-24(20(26)15-4-5-17-14(10-15)8-9-21-17)16-11-25(12-16)19-7-6-18(22-23-19)13-2-3-13/h4-10,13,16,21H,2-3,11-12H2,1H3. The summed E-state index contributed by atoms with van der Waals surface area (Å²) in [4.78, 5) is 20.0. The predicted molar refractivity (Wildman–Crippen MR) is 100 cm³/mol. The Morgan fingerprint density at radius 3 is 2.73 bits per heavy atom. The Kier molecular flexibility index (Phi) is 3.45. The van der Waals surface area contributed by atoms with Crippen molar-refractivity contribution in [1.82, 2.24) is 20.1 Å². The molecular formula is C20H21N5O. The van der Waals surface area contributed by atoms with E-state index >= 15 is 0 Å². The first-order chi connectivity index (χ1) is 12.7. The first kappa shape index (κ1) is 15.4. The molecule has 1 aliphatic carbocycles. The monoisotopic (exact) mass is 347 g/mol. The van der Waals surface area contributed by atoms with Crippen molar-refractivity contribution in [3.05, 3.63) is 53.9 Å².